The van der Waals surface area contributed by atoms with Crippen molar-refractivity contribution in [1.82, 2.24) is 4.90 Å². The highest BCUT2D eigenvalue weighted by Gasteiger charge is 2.27. The number of ether oxygens (including phenoxy) is 2. The van der Waals surface area contributed by atoms with E-state index < -0.39 is 5.97 Å². The standard InChI is InChI=1S/C14H27NO4/c1-11(2)13(10-18-3)15-7-4-12(5-8-15)19-9-6-14(16)17/h11-13H,4-10H2,1-3H3,(H,16,17). The number of aliphatic carboxylic acids is 1. The number of carboxylic acid groups (broad SMARTS) is 1. The number of hydrogen-bond acceptors (Lipinski definition) is 4. The van der Waals surface area contributed by atoms with Gasteiger partial charge in [0.1, 0.15) is 0 Å². The van der Waals surface area contributed by atoms with Crippen molar-refractivity contribution in [2.75, 3.05) is 33.4 Å². The maximum atomic E-state index is 10.4. The molecule has 0 amide bonds. The van der Waals surface area contributed by atoms with Crippen LogP contribution in [0.4, 0.5) is 0 Å². The molecule has 1 saturated heterocycles. The lowest BCUT2D eigenvalue weighted by Crippen LogP contribution is -2.47. The van der Waals surface area contributed by atoms with E-state index >= 15 is 0 Å². The van der Waals surface area contributed by atoms with Crippen molar-refractivity contribution >= 4 is 5.97 Å². The van der Waals surface area contributed by atoms with Crippen LogP contribution in [0.3, 0.4) is 0 Å². The highest BCUT2D eigenvalue weighted by Crippen LogP contribution is 2.20. The molecule has 0 spiro atoms. The van der Waals surface area contributed by atoms with Crippen LogP contribution >= 0.6 is 0 Å². The molecule has 1 aliphatic heterocycles. The molecule has 0 saturated carbocycles. The quantitative estimate of drug-likeness (QED) is 0.728. The zero-order chi connectivity index (χ0) is 14.3. The summed E-state index contributed by atoms with van der Waals surface area (Å²) in [5.41, 5.74) is 0. The first-order valence-corrected chi connectivity index (χ1v) is 7.11. The minimum Gasteiger partial charge on any atom is -0.481 e. The number of rotatable bonds is 8. The number of nitrogens with zero attached hydrogens (tertiary/aromatic N) is 1. The van der Waals surface area contributed by atoms with Crippen molar-refractivity contribution in [3.05, 3.63) is 0 Å². The number of methoxy groups -OCH3 is 1. The van der Waals surface area contributed by atoms with E-state index in [2.05, 4.69) is 18.7 Å². The second-order valence-electron chi connectivity index (χ2n) is 5.52. The predicted octanol–water partition coefficient (Wildman–Crippen LogP) is 1.61. The summed E-state index contributed by atoms with van der Waals surface area (Å²) in [6.07, 6.45) is 2.27. The van der Waals surface area contributed by atoms with Gasteiger partial charge < -0.3 is 14.6 Å². The van der Waals surface area contributed by atoms with Gasteiger partial charge in [-0.05, 0) is 18.8 Å². The number of likely N-dealkylation sites (tertiary alicyclic amines) is 1. The van der Waals surface area contributed by atoms with Gasteiger partial charge in [-0.1, -0.05) is 13.8 Å². The SMILES string of the molecule is COCC(C(C)C)N1CCC(OCCC(=O)O)CC1. The van der Waals surface area contributed by atoms with E-state index in [1.54, 1.807) is 7.11 Å². The zero-order valence-corrected chi connectivity index (χ0v) is 12.3. The van der Waals surface area contributed by atoms with Crippen LogP contribution in [0.15, 0.2) is 0 Å². The van der Waals surface area contributed by atoms with Crippen LogP contribution in [0, 0.1) is 5.92 Å². The van der Waals surface area contributed by atoms with Crippen molar-refractivity contribution in [1.29, 1.82) is 0 Å². The Balaban J connectivity index is 2.28. The molecule has 0 aromatic carbocycles. The Hall–Kier alpha value is -0.650. The first-order valence-electron chi connectivity index (χ1n) is 7.11. The molecular formula is C14H27NO4. The van der Waals surface area contributed by atoms with E-state index in [1.807, 2.05) is 0 Å². The Bertz CT molecular complexity index is 262. The molecule has 0 radical (unpaired) electrons. The van der Waals surface area contributed by atoms with Crippen molar-refractivity contribution in [3.63, 3.8) is 0 Å². The lowest BCUT2D eigenvalue weighted by molar-refractivity contribution is -0.139. The van der Waals surface area contributed by atoms with E-state index in [4.69, 9.17) is 14.6 Å². The first-order chi connectivity index (χ1) is 9.04. The van der Waals surface area contributed by atoms with Crippen LogP contribution in [0.25, 0.3) is 0 Å². The first kappa shape index (κ1) is 16.4. The molecule has 5 nitrogen and oxygen atoms in total. The van der Waals surface area contributed by atoms with Gasteiger partial charge in [0.15, 0.2) is 0 Å². The molecular weight excluding hydrogens is 246 g/mol. The Morgan fingerprint density at radius 1 is 1.37 bits per heavy atom. The van der Waals surface area contributed by atoms with Crippen LogP contribution in [0.1, 0.15) is 33.1 Å². The molecule has 19 heavy (non-hydrogen) atoms. The Morgan fingerprint density at radius 2 is 2.00 bits per heavy atom. The molecule has 112 valence electrons. The van der Waals surface area contributed by atoms with E-state index in [9.17, 15) is 4.79 Å². The van der Waals surface area contributed by atoms with Gasteiger partial charge in [-0.3, -0.25) is 9.69 Å². The summed E-state index contributed by atoms with van der Waals surface area (Å²) in [5, 5.41) is 8.58. The van der Waals surface area contributed by atoms with Crippen LogP contribution < -0.4 is 0 Å². The monoisotopic (exact) mass is 273 g/mol. The van der Waals surface area contributed by atoms with Gasteiger partial charge in [0, 0.05) is 26.2 Å². The van der Waals surface area contributed by atoms with Crippen LogP contribution in [-0.2, 0) is 14.3 Å². The molecule has 1 N–H and O–H groups in total. The normalized spacial score (nSPS) is 19.8. The van der Waals surface area contributed by atoms with E-state index in [1.165, 1.54) is 0 Å². The van der Waals surface area contributed by atoms with Gasteiger partial charge >= 0.3 is 5.97 Å². The summed E-state index contributed by atoms with van der Waals surface area (Å²) in [4.78, 5) is 12.9. The molecule has 1 rings (SSSR count). The van der Waals surface area contributed by atoms with Gasteiger partial charge in [0.2, 0.25) is 0 Å². The average molecular weight is 273 g/mol. The molecule has 1 fully saturated rings. The minimum absolute atomic E-state index is 0.0957. The second-order valence-corrected chi connectivity index (χ2v) is 5.52. The molecule has 5 heteroatoms. The molecule has 0 aliphatic carbocycles. The summed E-state index contributed by atoms with van der Waals surface area (Å²) in [6.45, 7) is 7.54. The van der Waals surface area contributed by atoms with Crippen molar-refractivity contribution in [2.24, 2.45) is 5.92 Å². The number of carbonyl (C=O) groups is 1. The van der Waals surface area contributed by atoms with Crippen molar-refractivity contribution in [2.45, 2.75) is 45.3 Å². The third-order valence-electron chi connectivity index (χ3n) is 3.72. The minimum atomic E-state index is -0.794. The fraction of sp³-hybridized carbons (Fsp3) is 0.929. The average Bonchev–Trinajstić information content (AvgIpc) is 2.36. The number of piperidine rings is 1. The lowest BCUT2D eigenvalue weighted by Gasteiger charge is -2.39. The second kappa shape index (κ2) is 8.51. The van der Waals surface area contributed by atoms with E-state index in [-0.39, 0.29) is 12.5 Å². The maximum Gasteiger partial charge on any atom is 0.305 e. The summed E-state index contributed by atoms with van der Waals surface area (Å²) in [5.74, 6) is -0.221. The van der Waals surface area contributed by atoms with Gasteiger partial charge in [0.25, 0.3) is 0 Å². The van der Waals surface area contributed by atoms with Gasteiger partial charge in [-0.25, -0.2) is 0 Å². The summed E-state index contributed by atoms with van der Waals surface area (Å²) in [6, 6.07) is 0.463. The molecule has 0 aromatic heterocycles. The van der Waals surface area contributed by atoms with Crippen LogP contribution in [0.2, 0.25) is 0 Å². The van der Waals surface area contributed by atoms with Gasteiger partial charge in [-0.2, -0.15) is 0 Å². The smallest absolute Gasteiger partial charge is 0.305 e. The molecule has 1 aliphatic rings. The molecule has 1 heterocycles. The third kappa shape index (κ3) is 5.89. The van der Waals surface area contributed by atoms with Gasteiger partial charge in [0.05, 0.1) is 25.7 Å². The van der Waals surface area contributed by atoms with E-state index in [0.717, 1.165) is 32.5 Å². The Morgan fingerprint density at radius 3 is 2.47 bits per heavy atom. The molecule has 0 bridgehead atoms. The summed E-state index contributed by atoms with van der Waals surface area (Å²) < 4.78 is 10.9. The largest absolute Gasteiger partial charge is 0.481 e. The Kier molecular flexibility index (Phi) is 7.34. The number of carboxylic acids is 1. The van der Waals surface area contributed by atoms with Gasteiger partial charge in [-0.15, -0.1) is 0 Å². The fourth-order valence-corrected chi connectivity index (χ4v) is 2.58. The summed E-state index contributed by atoms with van der Waals surface area (Å²) >= 11 is 0. The van der Waals surface area contributed by atoms with Crippen LogP contribution in [-0.4, -0.2) is 61.5 Å². The Labute approximate surface area is 115 Å². The highest BCUT2D eigenvalue weighted by molar-refractivity contribution is 5.66. The molecule has 1 atom stereocenters. The van der Waals surface area contributed by atoms with Crippen LogP contribution in [0.5, 0.6) is 0 Å². The molecule has 1 unspecified atom stereocenters. The maximum absolute atomic E-state index is 10.4. The van der Waals surface area contributed by atoms with Crippen molar-refractivity contribution in [3.8, 4) is 0 Å². The lowest BCUT2D eigenvalue weighted by atomic mass is 9.99. The topological polar surface area (TPSA) is 59.0 Å². The zero-order valence-electron chi connectivity index (χ0n) is 12.3. The fourth-order valence-electron chi connectivity index (χ4n) is 2.58. The summed E-state index contributed by atoms with van der Waals surface area (Å²) in [7, 11) is 1.75. The molecule has 0 aromatic rings. The third-order valence-corrected chi connectivity index (χ3v) is 3.72. The highest BCUT2D eigenvalue weighted by atomic mass is 16.5. The van der Waals surface area contributed by atoms with Crippen molar-refractivity contribution < 1.29 is 19.4 Å². The number of hydrogen-bond donors (Lipinski definition) is 1. The predicted molar refractivity (Wildman–Crippen MR) is 73.3 cm³/mol. The van der Waals surface area contributed by atoms with E-state index in [0.29, 0.717) is 18.6 Å².